The smallest absolute Gasteiger partial charge is 0.257 e. The minimum atomic E-state index is -0.0615. The summed E-state index contributed by atoms with van der Waals surface area (Å²) in [6.07, 6.45) is 0. The van der Waals surface area contributed by atoms with Crippen LogP contribution >= 0.6 is 0 Å². The Balaban J connectivity index is 1.31. The van der Waals surface area contributed by atoms with E-state index < -0.39 is 0 Å². The Labute approximate surface area is 217 Å². The maximum absolute atomic E-state index is 5.93. The Bertz CT molecular complexity index is 1550. The molecular formula is C26H23N7O5. The molecule has 12 heteroatoms. The molecule has 0 fully saturated rings. The van der Waals surface area contributed by atoms with Gasteiger partial charge in [0.15, 0.2) is 12.3 Å². The second kappa shape index (κ2) is 11.2. The predicted molar refractivity (Wildman–Crippen MR) is 135 cm³/mol. The number of oxime groups is 1. The quantitative estimate of drug-likeness (QED) is 0.199. The number of tetrazole rings is 1. The van der Waals surface area contributed by atoms with Crippen molar-refractivity contribution in [2.75, 3.05) is 14.2 Å². The molecule has 192 valence electrons. The maximum Gasteiger partial charge on any atom is 0.257 e. The van der Waals surface area contributed by atoms with Gasteiger partial charge in [-0.3, -0.25) is 0 Å². The van der Waals surface area contributed by atoms with Crippen molar-refractivity contribution in [3.8, 4) is 34.5 Å². The van der Waals surface area contributed by atoms with Crippen LogP contribution in [-0.2, 0) is 18.5 Å². The van der Waals surface area contributed by atoms with Crippen LogP contribution in [0, 0.1) is 0 Å². The van der Waals surface area contributed by atoms with E-state index in [1.165, 1.54) is 4.68 Å². The van der Waals surface area contributed by atoms with E-state index in [1.807, 2.05) is 48.5 Å². The normalized spacial score (nSPS) is 11.3. The zero-order chi connectivity index (χ0) is 26.3. The zero-order valence-corrected chi connectivity index (χ0v) is 20.8. The number of benzene rings is 3. The van der Waals surface area contributed by atoms with Gasteiger partial charge in [0.2, 0.25) is 5.82 Å². The van der Waals surface area contributed by atoms with Crippen molar-refractivity contribution in [2.24, 2.45) is 12.2 Å². The van der Waals surface area contributed by atoms with Crippen molar-refractivity contribution >= 4 is 5.71 Å². The van der Waals surface area contributed by atoms with Crippen molar-refractivity contribution in [1.29, 1.82) is 0 Å². The van der Waals surface area contributed by atoms with Gasteiger partial charge in [0.1, 0.15) is 23.0 Å². The van der Waals surface area contributed by atoms with Crippen LogP contribution in [0.15, 0.2) is 82.4 Å². The molecule has 0 radical (unpaired) electrons. The second-order valence-electron chi connectivity index (χ2n) is 7.85. The molecule has 5 rings (SSSR count). The Morgan fingerprint density at radius 1 is 0.868 bits per heavy atom. The maximum atomic E-state index is 5.93. The number of hydrogen-bond acceptors (Lipinski definition) is 11. The molecule has 5 aromatic rings. The Morgan fingerprint density at radius 3 is 2.45 bits per heavy atom. The molecule has 2 aromatic heterocycles. The van der Waals surface area contributed by atoms with Gasteiger partial charge in [-0.2, -0.15) is 0 Å². The lowest BCUT2D eigenvalue weighted by Gasteiger charge is -2.10. The first-order chi connectivity index (χ1) is 18.6. The van der Waals surface area contributed by atoms with Crippen LogP contribution in [0.3, 0.4) is 0 Å². The highest BCUT2D eigenvalue weighted by Crippen LogP contribution is 2.35. The topological polar surface area (TPSA) is 132 Å². The molecule has 12 nitrogen and oxygen atoms in total. The van der Waals surface area contributed by atoms with Crippen LogP contribution in [0.4, 0.5) is 0 Å². The van der Waals surface area contributed by atoms with E-state index in [-0.39, 0.29) is 18.4 Å². The molecule has 0 saturated heterocycles. The molecule has 2 heterocycles. The summed E-state index contributed by atoms with van der Waals surface area (Å²) in [5.41, 5.74) is 1.85. The summed E-state index contributed by atoms with van der Waals surface area (Å²) in [6.45, 7) is -0.0615. The van der Waals surface area contributed by atoms with Crippen molar-refractivity contribution in [2.45, 2.75) is 6.61 Å². The number of nitrogens with zero attached hydrogens (tertiary/aromatic N) is 7. The van der Waals surface area contributed by atoms with E-state index in [9.17, 15) is 0 Å². The second-order valence-corrected chi connectivity index (χ2v) is 7.85. The van der Waals surface area contributed by atoms with E-state index in [1.54, 1.807) is 45.5 Å². The standard InChI is InChI=1S/C26H23N7O5/c1-33-25(28-31-32-33)24(17-8-5-4-6-9-17)30-36-16-23-27-29-26(38-23)21-13-12-20(15-22(21)35-3)37-19-11-7-10-18(14-19)34-2/h4-15H,16H2,1-3H3/b30-24-. The van der Waals surface area contributed by atoms with Crippen molar-refractivity contribution in [3.63, 3.8) is 0 Å². The summed E-state index contributed by atoms with van der Waals surface area (Å²) in [7, 11) is 4.87. The van der Waals surface area contributed by atoms with Crippen LogP contribution in [-0.4, -0.2) is 50.3 Å². The lowest BCUT2D eigenvalue weighted by atomic mass is 10.1. The number of methoxy groups -OCH3 is 2. The first-order valence-electron chi connectivity index (χ1n) is 11.5. The van der Waals surface area contributed by atoms with E-state index in [4.69, 9.17) is 23.5 Å². The van der Waals surface area contributed by atoms with E-state index in [2.05, 4.69) is 30.9 Å². The van der Waals surface area contributed by atoms with Crippen LogP contribution in [0.1, 0.15) is 17.3 Å². The van der Waals surface area contributed by atoms with Crippen molar-refractivity contribution < 1.29 is 23.5 Å². The van der Waals surface area contributed by atoms with Crippen LogP contribution in [0.2, 0.25) is 0 Å². The summed E-state index contributed by atoms with van der Waals surface area (Å²) in [4.78, 5) is 5.55. The summed E-state index contributed by atoms with van der Waals surface area (Å²) in [6, 6.07) is 22.1. The van der Waals surface area contributed by atoms with E-state index in [0.29, 0.717) is 40.1 Å². The molecule has 38 heavy (non-hydrogen) atoms. The average Bonchev–Trinajstić information content (AvgIpc) is 3.60. The minimum Gasteiger partial charge on any atom is -0.497 e. The molecule has 0 unspecified atom stereocenters. The molecule has 0 N–H and O–H groups in total. The summed E-state index contributed by atoms with van der Waals surface area (Å²) in [5, 5.41) is 24.0. The first-order valence-corrected chi connectivity index (χ1v) is 11.5. The highest BCUT2D eigenvalue weighted by molar-refractivity contribution is 6.10. The van der Waals surface area contributed by atoms with Crippen molar-refractivity contribution in [1.82, 2.24) is 30.4 Å². The third-order valence-electron chi connectivity index (χ3n) is 5.37. The van der Waals surface area contributed by atoms with Gasteiger partial charge in [0.05, 0.1) is 19.8 Å². The van der Waals surface area contributed by atoms with Gasteiger partial charge < -0.3 is 23.5 Å². The molecular weight excluding hydrogens is 490 g/mol. The van der Waals surface area contributed by atoms with Gasteiger partial charge in [-0.1, -0.05) is 41.6 Å². The van der Waals surface area contributed by atoms with Crippen LogP contribution < -0.4 is 14.2 Å². The Hall–Kier alpha value is -5.26. The number of rotatable bonds is 10. The molecule has 0 atom stereocenters. The minimum absolute atomic E-state index is 0.0615. The third-order valence-corrected chi connectivity index (χ3v) is 5.37. The molecule has 0 bridgehead atoms. The van der Waals surface area contributed by atoms with Gasteiger partial charge in [0, 0.05) is 24.7 Å². The summed E-state index contributed by atoms with van der Waals surface area (Å²) >= 11 is 0. The fourth-order valence-electron chi connectivity index (χ4n) is 3.53. The summed E-state index contributed by atoms with van der Waals surface area (Å²) in [5.74, 6) is 3.33. The highest BCUT2D eigenvalue weighted by Gasteiger charge is 2.17. The fourth-order valence-corrected chi connectivity index (χ4v) is 3.53. The largest absolute Gasteiger partial charge is 0.497 e. The average molecular weight is 514 g/mol. The Kier molecular flexibility index (Phi) is 7.20. The lowest BCUT2D eigenvalue weighted by Crippen LogP contribution is -2.12. The Morgan fingerprint density at radius 2 is 1.68 bits per heavy atom. The molecule has 0 saturated carbocycles. The molecule has 3 aromatic carbocycles. The van der Waals surface area contributed by atoms with Crippen LogP contribution in [0.5, 0.6) is 23.0 Å². The van der Waals surface area contributed by atoms with Gasteiger partial charge in [0.25, 0.3) is 11.8 Å². The third kappa shape index (κ3) is 5.43. The van der Waals surface area contributed by atoms with Crippen molar-refractivity contribution in [3.05, 3.63) is 90.1 Å². The zero-order valence-electron chi connectivity index (χ0n) is 20.8. The van der Waals surface area contributed by atoms with E-state index in [0.717, 1.165) is 5.56 Å². The molecule has 0 aliphatic rings. The summed E-state index contributed by atoms with van der Waals surface area (Å²) < 4.78 is 24.0. The predicted octanol–water partition coefficient (Wildman–Crippen LogP) is 4.04. The molecule has 0 spiro atoms. The number of aromatic nitrogens is 6. The van der Waals surface area contributed by atoms with Gasteiger partial charge in [-0.15, -0.1) is 15.3 Å². The fraction of sp³-hybridized carbons (Fsp3) is 0.154. The van der Waals surface area contributed by atoms with Gasteiger partial charge >= 0.3 is 0 Å². The van der Waals surface area contributed by atoms with E-state index >= 15 is 0 Å². The number of hydrogen-bond donors (Lipinski definition) is 0. The number of ether oxygens (including phenoxy) is 3. The SMILES string of the molecule is COc1cccc(Oc2ccc(-c3nnc(CO/N=C(/c4ccccc4)c4nnnn4C)o3)c(OC)c2)c1. The first kappa shape index (κ1) is 24.4. The van der Waals surface area contributed by atoms with Gasteiger partial charge in [-0.25, -0.2) is 4.68 Å². The monoisotopic (exact) mass is 513 g/mol. The highest BCUT2D eigenvalue weighted by atomic mass is 16.6. The molecule has 0 aliphatic heterocycles. The van der Waals surface area contributed by atoms with Crippen LogP contribution in [0.25, 0.3) is 11.5 Å². The van der Waals surface area contributed by atoms with Gasteiger partial charge in [-0.05, 0) is 34.7 Å². The lowest BCUT2D eigenvalue weighted by molar-refractivity contribution is 0.111. The number of aryl methyl sites for hydroxylation is 1. The molecule has 0 aliphatic carbocycles. The molecule has 0 amide bonds.